The average molecular weight is 223 g/mol. The topological polar surface area (TPSA) is 21.3 Å². The molecule has 16 heavy (non-hydrogen) atoms. The van der Waals surface area contributed by atoms with Crippen LogP contribution < -0.4 is 5.32 Å². The van der Waals surface area contributed by atoms with Crippen LogP contribution in [0.15, 0.2) is 30.3 Å². The Balaban J connectivity index is 1.77. The molecule has 1 heterocycles. The minimum absolute atomic E-state index is 0.140. The molecule has 1 saturated heterocycles. The second-order valence-electron chi connectivity index (χ2n) is 4.25. The lowest BCUT2D eigenvalue weighted by atomic mass is 10.1. The summed E-state index contributed by atoms with van der Waals surface area (Å²) in [4.78, 5) is 0. The molecule has 0 spiro atoms. The zero-order chi connectivity index (χ0) is 11.2. The Morgan fingerprint density at radius 2 is 2.00 bits per heavy atom. The fourth-order valence-corrected chi connectivity index (χ4v) is 1.90. The van der Waals surface area contributed by atoms with Gasteiger partial charge in [-0.25, -0.2) is 4.39 Å². The maximum Gasteiger partial charge on any atom is 0.113 e. The van der Waals surface area contributed by atoms with Crippen molar-refractivity contribution in [1.29, 1.82) is 0 Å². The third-order valence-corrected chi connectivity index (χ3v) is 2.87. The third kappa shape index (κ3) is 3.58. The van der Waals surface area contributed by atoms with Crippen LogP contribution in [-0.4, -0.2) is 25.4 Å². The van der Waals surface area contributed by atoms with E-state index in [9.17, 15) is 4.39 Å². The molecule has 2 rings (SSSR count). The lowest BCUT2D eigenvalue weighted by Gasteiger charge is -2.15. The normalized spacial score (nSPS) is 26.3. The standard InChI is InChI=1S/C13H18FNO/c14-12-6-7-13(9-15-8-12)16-10-11-4-2-1-3-5-11/h1-5,12-13,15H,6-10H2. The SMILES string of the molecule is FC1CCC(OCc2ccccc2)CNC1. The number of nitrogens with one attached hydrogen (secondary N) is 1. The van der Waals surface area contributed by atoms with Crippen LogP contribution >= 0.6 is 0 Å². The van der Waals surface area contributed by atoms with Gasteiger partial charge in [-0.2, -0.15) is 0 Å². The number of halogens is 1. The van der Waals surface area contributed by atoms with Crippen molar-refractivity contribution >= 4 is 0 Å². The molecule has 0 aromatic heterocycles. The van der Waals surface area contributed by atoms with Gasteiger partial charge in [-0.05, 0) is 18.4 Å². The van der Waals surface area contributed by atoms with Crippen LogP contribution in [-0.2, 0) is 11.3 Å². The third-order valence-electron chi connectivity index (χ3n) is 2.87. The van der Waals surface area contributed by atoms with Crippen molar-refractivity contribution in [1.82, 2.24) is 5.32 Å². The summed E-state index contributed by atoms with van der Waals surface area (Å²) in [7, 11) is 0. The second kappa shape index (κ2) is 5.97. The molecule has 1 aromatic carbocycles. The summed E-state index contributed by atoms with van der Waals surface area (Å²) < 4.78 is 18.8. The van der Waals surface area contributed by atoms with Crippen LogP contribution in [0.4, 0.5) is 4.39 Å². The van der Waals surface area contributed by atoms with E-state index in [1.807, 2.05) is 30.3 Å². The van der Waals surface area contributed by atoms with E-state index in [0.717, 1.165) is 13.0 Å². The van der Waals surface area contributed by atoms with Gasteiger partial charge in [0.05, 0.1) is 12.7 Å². The number of benzene rings is 1. The molecule has 0 bridgehead atoms. The van der Waals surface area contributed by atoms with Crippen LogP contribution in [0, 0.1) is 0 Å². The van der Waals surface area contributed by atoms with Gasteiger partial charge in [0, 0.05) is 13.1 Å². The lowest BCUT2D eigenvalue weighted by Crippen LogP contribution is -2.28. The highest BCUT2D eigenvalue weighted by molar-refractivity contribution is 5.13. The summed E-state index contributed by atoms with van der Waals surface area (Å²) >= 11 is 0. The van der Waals surface area contributed by atoms with Gasteiger partial charge in [-0.3, -0.25) is 0 Å². The molecular weight excluding hydrogens is 205 g/mol. The molecule has 1 aliphatic heterocycles. The van der Waals surface area contributed by atoms with Gasteiger partial charge in [-0.1, -0.05) is 30.3 Å². The van der Waals surface area contributed by atoms with Crippen LogP contribution in [0.2, 0.25) is 0 Å². The van der Waals surface area contributed by atoms with Crippen molar-refractivity contribution in [3.63, 3.8) is 0 Å². The van der Waals surface area contributed by atoms with Crippen molar-refractivity contribution < 1.29 is 9.13 Å². The first-order valence-corrected chi connectivity index (χ1v) is 5.85. The number of alkyl halides is 1. The van der Waals surface area contributed by atoms with Gasteiger partial charge in [0.15, 0.2) is 0 Å². The quantitative estimate of drug-likeness (QED) is 0.849. The van der Waals surface area contributed by atoms with Gasteiger partial charge in [0.1, 0.15) is 6.17 Å². The predicted octanol–water partition coefficient (Wildman–Crippen LogP) is 2.29. The molecule has 88 valence electrons. The molecule has 1 aromatic rings. The van der Waals surface area contributed by atoms with E-state index >= 15 is 0 Å². The second-order valence-corrected chi connectivity index (χ2v) is 4.25. The van der Waals surface area contributed by atoms with E-state index in [-0.39, 0.29) is 6.10 Å². The molecule has 0 aliphatic carbocycles. The maximum atomic E-state index is 13.1. The Morgan fingerprint density at radius 1 is 1.19 bits per heavy atom. The van der Waals surface area contributed by atoms with Crippen molar-refractivity contribution in [2.75, 3.05) is 13.1 Å². The van der Waals surface area contributed by atoms with Gasteiger partial charge in [0.2, 0.25) is 0 Å². The highest BCUT2D eigenvalue weighted by Gasteiger charge is 2.17. The Kier molecular flexibility index (Phi) is 4.31. The average Bonchev–Trinajstić information content (AvgIpc) is 2.53. The molecule has 2 unspecified atom stereocenters. The Hall–Kier alpha value is -0.930. The Labute approximate surface area is 95.8 Å². The minimum atomic E-state index is -0.717. The zero-order valence-corrected chi connectivity index (χ0v) is 9.36. The van der Waals surface area contributed by atoms with E-state index < -0.39 is 6.17 Å². The fraction of sp³-hybridized carbons (Fsp3) is 0.538. The largest absolute Gasteiger partial charge is 0.372 e. The van der Waals surface area contributed by atoms with Gasteiger partial charge >= 0.3 is 0 Å². The summed E-state index contributed by atoms with van der Waals surface area (Å²) in [5, 5.41) is 3.08. The van der Waals surface area contributed by atoms with Gasteiger partial charge in [-0.15, -0.1) is 0 Å². The Morgan fingerprint density at radius 3 is 2.81 bits per heavy atom. The van der Waals surface area contributed by atoms with Crippen molar-refractivity contribution in [2.24, 2.45) is 0 Å². The van der Waals surface area contributed by atoms with Gasteiger partial charge < -0.3 is 10.1 Å². The molecule has 1 fully saturated rings. The first-order valence-electron chi connectivity index (χ1n) is 5.85. The van der Waals surface area contributed by atoms with Crippen LogP contribution in [0.25, 0.3) is 0 Å². The summed E-state index contributed by atoms with van der Waals surface area (Å²) in [5.74, 6) is 0. The Bertz CT molecular complexity index is 304. The number of rotatable bonds is 3. The first kappa shape index (κ1) is 11.6. The maximum absolute atomic E-state index is 13.1. The van der Waals surface area contributed by atoms with Crippen molar-refractivity contribution in [3.8, 4) is 0 Å². The smallest absolute Gasteiger partial charge is 0.113 e. The summed E-state index contributed by atoms with van der Waals surface area (Å²) in [6.45, 7) is 1.84. The highest BCUT2D eigenvalue weighted by atomic mass is 19.1. The van der Waals surface area contributed by atoms with E-state index in [0.29, 0.717) is 19.6 Å². The van der Waals surface area contributed by atoms with E-state index in [2.05, 4.69) is 5.32 Å². The molecular formula is C13H18FNO. The number of hydrogen-bond acceptors (Lipinski definition) is 2. The molecule has 1 aliphatic rings. The van der Waals surface area contributed by atoms with Crippen LogP contribution in [0.1, 0.15) is 18.4 Å². The monoisotopic (exact) mass is 223 g/mol. The molecule has 0 radical (unpaired) electrons. The number of ether oxygens (including phenoxy) is 1. The summed E-state index contributed by atoms with van der Waals surface area (Å²) in [6.07, 6.45) is 0.833. The fourth-order valence-electron chi connectivity index (χ4n) is 1.90. The van der Waals surface area contributed by atoms with Crippen LogP contribution in [0.3, 0.4) is 0 Å². The lowest BCUT2D eigenvalue weighted by molar-refractivity contribution is 0.0373. The molecule has 3 heteroatoms. The molecule has 1 N–H and O–H groups in total. The van der Waals surface area contributed by atoms with Crippen molar-refractivity contribution in [3.05, 3.63) is 35.9 Å². The number of hydrogen-bond donors (Lipinski definition) is 1. The molecule has 2 nitrogen and oxygen atoms in total. The molecule has 2 atom stereocenters. The highest BCUT2D eigenvalue weighted by Crippen LogP contribution is 2.12. The predicted molar refractivity (Wildman–Crippen MR) is 62.0 cm³/mol. The zero-order valence-electron chi connectivity index (χ0n) is 9.36. The summed E-state index contributed by atoms with van der Waals surface area (Å²) in [5.41, 5.74) is 1.17. The van der Waals surface area contributed by atoms with Crippen LogP contribution in [0.5, 0.6) is 0 Å². The summed E-state index contributed by atoms with van der Waals surface area (Å²) in [6, 6.07) is 10.1. The van der Waals surface area contributed by atoms with E-state index in [1.165, 1.54) is 5.56 Å². The minimum Gasteiger partial charge on any atom is -0.372 e. The van der Waals surface area contributed by atoms with E-state index in [4.69, 9.17) is 4.74 Å². The molecule has 0 amide bonds. The molecule has 0 saturated carbocycles. The van der Waals surface area contributed by atoms with Crippen molar-refractivity contribution in [2.45, 2.75) is 31.7 Å². The van der Waals surface area contributed by atoms with E-state index in [1.54, 1.807) is 0 Å². The first-order chi connectivity index (χ1) is 7.84. The van der Waals surface area contributed by atoms with Gasteiger partial charge in [0.25, 0.3) is 0 Å².